The quantitative estimate of drug-likeness (QED) is 0.804. The predicted octanol–water partition coefficient (Wildman–Crippen LogP) is 4.02. The molecule has 1 aliphatic carbocycles. The number of allylic oxidation sites excluding steroid dienone is 1. The van der Waals surface area contributed by atoms with Gasteiger partial charge in [-0.2, -0.15) is 13.2 Å². The first-order chi connectivity index (χ1) is 8.47. The fourth-order valence-corrected chi connectivity index (χ4v) is 2.18. The van der Waals surface area contributed by atoms with E-state index >= 15 is 0 Å². The number of aliphatic hydroxyl groups excluding tert-OH is 1. The number of benzene rings is 1. The van der Waals surface area contributed by atoms with Crippen molar-refractivity contribution in [2.75, 3.05) is 0 Å². The highest BCUT2D eigenvalue weighted by atomic mass is 19.4. The highest BCUT2D eigenvalue weighted by molar-refractivity contribution is 5.66. The van der Waals surface area contributed by atoms with Gasteiger partial charge in [0.05, 0.1) is 11.7 Å². The predicted molar refractivity (Wildman–Crippen MR) is 63.9 cm³/mol. The van der Waals surface area contributed by atoms with Crippen molar-refractivity contribution < 1.29 is 18.3 Å². The number of hydrogen-bond donors (Lipinski definition) is 1. The van der Waals surface area contributed by atoms with Crippen LogP contribution in [-0.2, 0) is 6.18 Å². The summed E-state index contributed by atoms with van der Waals surface area (Å²) in [6.45, 7) is 0. The lowest BCUT2D eigenvalue weighted by molar-refractivity contribution is -0.137. The topological polar surface area (TPSA) is 20.2 Å². The fourth-order valence-electron chi connectivity index (χ4n) is 2.18. The van der Waals surface area contributed by atoms with E-state index in [2.05, 4.69) is 0 Å². The first kappa shape index (κ1) is 13.1. The van der Waals surface area contributed by atoms with Crippen molar-refractivity contribution in [3.05, 3.63) is 41.5 Å². The minimum Gasteiger partial charge on any atom is -0.389 e. The molecule has 2 rings (SSSR count). The molecule has 0 saturated heterocycles. The maximum atomic E-state index is 12.4. The lowest BCUT2D eigenvalue weighted by atomic mass is 10.00. The van der Waals surface area contributed by atoms with E-state index < -0.39 is 17.8 Å². The van der Waals surface area contributed by atoms with E-state index in [1.807, 2.05) is 0 Å². The summed E-state index contributed by atoms with van der Waals surface area (Å²) in [7, 11) is 0. The zero-order chi connectivity index (χ0) is 13.2. The van der Waals surface area contributed by atoms with Crippen LogP contribution in [0.1, 0.15) is 36.8 Å². The summed E-state index contributed by atoms with van der Waals surface area (Å²) in [6.07, 6.45) is 0.425. The molecule has 1 aromatic carbocycles. The lowest BCUT2D eigenvalue weighted by Crippen LogP contribution is -2.04. The standard InChI is InChI=1S/C14H15F3O/c15-14(16,17)12-7-5-10(6-8-12)11-3-1-2-4-13(18)9-11/h5-9,13,18H,1-4H2. The van der Waals surface area contributed by atoms with Crippen molar-refractivity contribution in [1.29, 1.82) is 0 Å². The summed E-state index contributed by atoms with van der Waals surface area (Å²) in [6, 6.07) is 5.14. The summed E-state index contributed by atoms with van der Waals surface area (Å²) in [5.41, 5.74) is 1.07. The second kappa shape index (κ2) is 5.14. The number of hydrogen-bond acceptors (Lipinski definition) is 1. The second-order valence-corrected chi connectivity index (χ2v) is 4.58. The van der Waals surface area contributed by atoms with Crippen LogP contribution in [0.25, 0.3) is 5.57 Å². The maximum absolute atomic E-state index is 12.4. The van der Waals surface area contributed by atoms with Gasteiger partial charge in [0.1, 0.15) is 0 Å². The van der Waals surface area contributed by atoms with Crippen molar-refractivity contribution in [3.63, 3.8) is 0 Å². The van der Waals surface area contributed by atoms with Crippen LogP contribution in [0.4, 0.5) is 13.2 Å². The molecule has 0 radical (unpaired) electrons. The van der Waals surface area contributed by atoms with Crippen molar-refractivity contribution in [2.24, 2.45) is 0 Å². The molecule has 1 aromatic rings. The Morgan fingerprint density at radius 3 is 2.33 bits per heavy atom. The monoisotopic (exact) mass is 256 g/mol. The highest BCUT2D eigenvalue weighted by Gasteiger charge is 2.30. The summed E-state index contributed by atoms with van der Waals surface area (Å²) >= 11 is 0. The van der Waals surface area contributed by atoms with Crippen LogP contribution in [-0.4, -0.2) is 11.2 Å². The average Bonchev–Trinajstić information content (AvgIpc) is 2.53. The molecule has 0 amide bonds. The molecule has 0 saturated carbocycles. The lowest BCUT2D eigenvalue weighted by Gasteiger charge is -2.10. The van der Waals surface area contributed by atoms with Crippen LogP contribution in [0, 0.1) is 0 Å². The minimum atomic E-state index is -4.30. The molecule has 1 atom stereocenters. The van der Waals surface area contributed by atoms with Gasteiger partial charge in [-0.25, -0.2) is 0 Å². The van der Waals surface area contributed by atoms with Gasteiger partial charge < -0.3 is 5.11 Å². The zero-order valence-corrected chi connectivity index (χ0v) is 9.87. The maximum Gasteiger partial charge on any atom is 0.416 e. The van der Waals surface area contributed by atoms with Gasteiger partial charge in [0.25, 0.3) is 0 Å². The Morgan fingerprint density at radius 2 is 1.72 bits per heavy atom. The summed E-state index contributed by atoms with van der Waals surface area (Å²) < 4.78 is 37.3. The van der Waals surface area contributed by atoms with Crippen LogP contribution in [0.15, 0.2) is 30.3 Å². The van der Waals surface area contributed by atoms with Crippen LogP contribution in [0.5, 0.6) is 0 Å². The molecular weight excluding hydrogens is 241 g/mol. The van der Waals surface area contributed by atoms with Gasteiger partial charge in [0, 0.05) is 0 Å². The van der Waals surface area contributed by atoms with Gasteiger partial charge in [0.15, 0.2) is 0 Å². The Balaban J connectivity index is 2.23. The molecule has 18 heavy (non-hydrogen) atoms. The average molecular weight is 256 g/mol. The number of aliphatic hydroxyl groups is 1. The first-order valence-corrected chi connectivity index (χ1v) is 6.03. The SMILES string of the molecule is OC1C=C(c2ccc(C(F)(F)F)cc2)CCCC1. The summed E-state index contributed by atoms with van der Waals surface area (Å²) in [4.78, 5) is 0. The van der Waals surface area contributed by atoms with E-state index in [0.717, 1.165) is 49.0 Å². The van der Waals surface area contributed by atoms with E-state index in [1.54, 1.807) is 6.08 Å². The molecule has 1 N–H and O–H groups in total. The van der Waals surface area contributed by atoms with Crippen LogP contribution in [0.2, 0.25) is 0 Å². The molecule has 98 valence electrons. The van der Waals surface area contributed by atoms with Gasteiger partial charge in [0.2, 0.25) is 0 Å². The first-order valence-electron chi connectivity index (χ1n) is 6.03. The molecule has 0 bridgehead atoms. The van der Waals surface area contributed by atoms with Crippen LogP contribution in [0.3, 0.4) is 0 Å². The molecule has 4 heteroatoms. The van der Waals surface area contributed by atoms with Gasteiger partial charge >= 0.3 is 6.18 Å². The number of rotatable bonds is 1. The molecule has 0 spiro atoms. The number of alkyl halides is 3. The highest BCUT2D eigenvalue weighted by Crippen LogP contribution is 2.31. The fraction of sp³-hybridized carbons (Fsp3) is 0.429. The molecule has 0 aromatic heterocycles. The second-order valence-electron chi connectivity index (χ2n) is 4.58. The van der Waals surface area contributed by atoms with Gasteiger partial charge in [-0.05, 0) is 42.5 Å². The molecule has 1 nitrogen and oxygen atoms in total. The largest absolute Gasteiger partial charge is 0.416 e. The molecule has 1 unspecified atom stereocenters. The van der Waals surface area contributed by atoms with Gasteiger partial charge in [-0.15, -0.1) is 0 Å². The Bertz CT molecular complexity index is 431. The van der Waals surface area contributed by atoms with Crippen molar-refractivity contribution in [3.8, 4) is 0 Å². The molecular formula is C14H15F3O. The Hall–Kier alpha value is -1.29. The Labute approximate surface area is 104 Å². The van der Waals surface area contributed by atoms with E-state index in [9.17, 15) is 18.3 Å². The van der Waals surface area contributed by atoms with E-state index in [4.69, 9.17) is 0 Å². The zero-order valence-electron chi connectivity index (χ0n) is 9.87. The van der Waals surface area contributed by atoms with Crippen LogP contribution < -0.4 is 0 Å². The third-order valence-electron chi connectivity index (χ3n) is 3.17. The van der Waals surface area contributed by atoms with E-state index in [0.29, 0.717) is 0 Å². The Morgan fingerprint density at radius 1 is 1.06 bits per heavy atom. The summed E-state index contributed by atoms with van der Waals surface area (Å²) in [5, 5.41) is 9.65. The third kappa shape index (κ3) is 3.13. The summed E-state index contributed by atoms with van der Waals surface area (Å²) in [5.74, 6) is 0. The van der Waals surface area contributed by atoms with Crippen LogP contribution >= 0.6 is 0 Å². The molecule has 0 aliphatic heterocycles. The smallest absolute Gasteiger partial charge is 0.389 e. The van der Waals surface area contributed by atoms with Gasteiger partial charge in [-0.3, -0.25) is 0 Å². The van der Waals surface area contributed by atoms with Crippen molar-refractivity contribution in [2.45, 2.75) is 38.0 Å². The number of halogens is 3. The minimum absolute atomic E-state index is 0.482. The molecule has 1 aliphatic rings. The van der Waals surface area contributed by atoms with Gasteiger partial charge in [-0.1, -0.05) is 24.6 Å². The third-order valence-corrected chi connectivity index (χ3v) is 3.17. The van der Waals surface area contributed by atoms with E-state index in [-0.39, 0.29) is 0 Å². The normalized spacial score (nSPS) is 21.3. The Kier molecular flexibility index (Phi) is 3.76. The molecule has 0 fully saturated rings. The molecule has 0 heterocycles. The van der Waals surface area contributed by atoms with Crippen molar-refractivity contribution in [1.82, 2.24) is 0 Å². The van der Waals surface area contributed by atoms with Crippen molar-refractivity contribution >= 4 is 5.57 Å². The van der Waals surface area contributed by atoms with E-state index in [1.165, 1.54) is 12.1 Å².